The van der Waals surface area contributed by atoms with Crippen molar-refractivity contribution in [2.24, 2.45) is 5.73 Å². The Labute approximate surface area is 78.7 Å². The summed E-state index contributed by atoms with van der Waals surface area (Å²) < 4.78 is 9.62. The van der Waals surface area contributed by atoms with Crippen LogP contribution < -0.4 is 5.73 Å². The lowest BCUT2D eigenvalue weighted by Crippen LogP contribution is -2.10. The fraction of sp³-hybridized carbons (Fsp3) is 0.667. The van der Waals surface area contributed by atoms with Crippen molar-refractivity contribution in [3.63, 3.8) is 0 Å². The number of ether oxygens (including phenoxy) is 2. The first-order valence-corrected chi connectivity index (χ1v) is 4.22. The second-order valence-corrected chi connectivity index (χ2v) is 2.67. The van der Waals surface area contributed by atoms with Crippen LogP contribution in [0.3, 0.4) is 0 Å². The molecule has 0 fully saturated rings. The van der Waals surface area contributed by atoms with Gasteiger partial charge in [0.15, 0.2) is 0 Å². The Balaban J connectivity index is 3.35. The quantitative estimate of drug-likeness (QED) is 0.357. The van der Waals surface area contributed by atoms with E-state index in [-0.39, 0.29) is 5.97 Å². The van der Waals surface area contributed by atoms with Gasteiger partial charge >= 0.3 is 5.97 Å². The molecular weight excluding hydrogens is 170 g/mol. The molecule has 0 heterocycles. The van der Waals surface area contributed by atoms with E-state index < -0.39 is 0 Å². The van der Waals surface area contributed by atoms with Gasteiger partial charge < -0.3 is 15.2 Å². The third kappa shape index (κ3) is 7.49. The summed E-state index contributed by atoms with van der Waals surface area (Å²) in [6.45, 7) is 5.25. The van der Waals surface area contributed by atoms with Crippen LogP contribution in [-0.4, -0.2) is 32.8 Å². The molecule has 0 saturated carbocycles. The maximum absolute atomic E-state index is 10.7. The minimum atomic E-state index is -0.222. The fourth-order valence-corrected chi connectivity index (χ4v) is 0.753. The monoisotopic (exact) mass is 187 g/mol. The van der Waals surface area contributed by atoms with Crippen molar-refractivity contribution in [3.8, 4) is 0 Å². The molecule has 0 amide bonds. The second kappa shape index (κ2) is 7.76. The number of nitrogens with two attached hydrogens (primary N) is 1. The van der Waals surface area contributed by atoms with Gasteiger partial charge in [0.1, 0.15) is 0 Å². The largest absolute Gasteiger partial charge is 0.469 e. The lowest BCUT2D eigenvalue weighted by atomic mass is 10.2. The highest BCUT2D eigenvalue weighted by atomic mass is 16.5. The van der Waals surface area contributed by atoms with Crippen LogP contribution in [0.2, 0.25) is 0 Å². The third-order valence-electron chi connectivity index (χ3n) is 1.48. The predicted octanol–water partition coefficient (Wildman–Crippen LogP) is 0.471. The Bertz CT molecular complexity index is 168. The Morgan fingerprint density at radius 3 is 2.69 bits per heavy atom. The van der Waals surface area contributed by atoms with E-state index in [2.05, 4.69) is 11.3 Å². The molecule has 0 aromatic heterocycles. The molecule has 0 unspecified atom stereocenters. The molecule has 0 bridgehead atoms. The number of carbonyl (C=O) groups excluding carboxylic acids is 1. The zero-order valence-electron chi connectivity index (χ0n) is 8.04. The first kappa shape index (κ1) is 12.1. The smallest absolute Gasteiger partial charge is 0.305 e. The summed E-state index contributed by atoms with van der Waals surface area (Å²) in [5, 5.41) is 0. The molecule has 0 rings (SSSR count). The lowest BCUT2D eigenvalue weighted by Gasteiger charge is -2.05. The van der Waals surface area contributed by atoms with Crippen LogP contribution in [-0.2, 0) is 14.3 Å². The zero-order chi connectivity index (χ0) is 10.1. The molecule has 0 aliphatic carbocycles. The Kier molecular flexibility index (Phi) is 7.24. The molecule has 0 aliphatic rings. The van der Waals surface area contributed by atoms with Gasteiger partial charge in [0.25, 0.3) is 0 Å². The molecule has 0 aromatic rings. The second-order valence-electron chi connectivity index (χ2n) is 2.67. The molecule has 0 aliphatic heterocycles. The molecule has 13 heavy (non-hydrogen) atoms. The molecule has 0 saturated heterocycles. The summed E-state index contributed by atoms with van der Waals surface area (Å²) in [7, 11) is 1.37. The van der Waals surface area contributed by atoms with Gasteiger partial charge in [-0.2, -0.15) is 0 Å². The van der Waals surface area contributed by atoms with E-state index in [9.17, 15) is 4.79 Å². The van der Waals surface area contributed by atoms with Gasteiger partial charge in [-0.1, -0.05) is 12.2 Å². The first-order chi connectivity index (χ1) is 6.20. The minimum Gasteiger partial charge on any atom is -0.469 e. The van der Waals surface area contributed by atoms with Crippen LogP contribution in [0.15, 0.2) is 12.2 Å². The van der Waals surface area contributed by atoms with Crippen LogP contribution in [0.5, 0.6) is 0 Å². The molecule has 4 heteroatoms. The van der Waals surface area contributed by atoms with Gasteiger partial charge in [-0.25, -0.2) is 0 Å². The summed E-state index contributed by atoms with van der Waals surface area (Å²) >= 11 is 0. The maximum Gasteiger partial charge on any atom is 0.305 e. The summed E-state index contributed by atoms with van der Waals surface area (Å²) in [5.41, 5.74) is 6.12. The van der Waals surface area contributed by atoms with Gasteiger partial charge in [-0.15, -0.1) is 0 Å². The number of hydrogen-bond donors (Lipinski definition) is 1. The number of methoxy groups -OCH3 is 1. The lowest BCUT2D eigenvalue weighted by molar-refractivity contribution is -0.140. The third-order valence-corrected chi connectivity index (χ3v) is 1.48. The standard InChI is InChI=1S/C9H17NO3/c1-8(7-13-6-5-10)3-4-9(11)12-2/h1,3-7,10H2,2H3. The average molecular weight is 187 g/mol. The number of rotatable bonds is 7. The summed E-state index contributed by atoms with van der Waals surface area (Å²) in [6.07, 6.45) is 0.971. The minimum absolute atomic E-state index is 0.222. The fourth-order valence-electron chi connectivity index (χ4n) is 0.753. The van der Waals surface area contributed by atoms with E-state index in [1.807, 2.05) is 0 Å². The Hall–Kier alpha value is -0.870. The number of esters is 1. The van der Waals surface area contributed by atoms with Crippen molar-refractivity contribution < 1.29 is 14.3 Å². The number of carbonyl (C=O) groups is 1. The Morgan fingerprint density at radius 2 is 2.15 bits per heavy atom. The summed E-state index contributed by atoms with van der Waals surface area (Å²) in [5.74, 6) is -0.222. The van der Waals surface area contributed by atoms with Gasteiger partial charge in [-0.05, 0) is 6.42 Å². The van der Waals surface area contributed by atoms with Gasteiger partial charge in [0, 0.05) is 13.0 Å². The van der Waals surface area contributed by atoms with Crippen LogP contribution in [0.4, 0.5) is 0 Å². The molecule has 0 aromatic carbocycles. The number of hydrogen-bond acceptors (Lipinski definition) is 4. The molecular formula is C9H17NO3. The zero-order valence-corrected chi connectivity index (χ0v) is 8.04. The van der Waals surface area contributed by atoms with Gasteiger partial charge in [0.05, 0.1) is 20.3 Å². The summed E-state index contributed by atoms with van der Waals surface area (Å²) in [6, 6.07) is 0. The topological polar surface area (TPSA) is 61.5 Å². The summed E-state index contributed by atoms with van der Waals surface area (Å²) in [4.78, 5) is 10.7. The van der Waals surface area contributed by atoms with Crippen LogP contribution in [0.25, 0.3) is 0 Å². The van der Waals surface area contributed by atoms with Crippen molar-refractivity contribution >= 4 is 5.97 Å². The molecule has 76 valence electrons. The van der Waals surface area contributed by atoms with Gasteiger partial charge in [0.2, 0.25) is 0 Å². The molecule has 4 nitrogen and oxygen atoms in total. The highest BCUT2D eigenvalue weighted by Crippen LogP contribution is 2.03. The van der Waals surface area contributed by atoms with Crippen molar-refractivity contribution in [3.05, 3.63) is 12.2 Å². The van der Waals surface area contributed by atoms with E-state index in [0.717, 1.165) is 5.57 Å². The molecule has 0 radical (unpaired) electrons. The van der Waals surface area contributed by atoms with Crippen molar-refractivity contribution in [2.45, 2.75) is 12.8 Å². The van der Waals surface area contributed by atoms with Crippen molar-refractivity contribution in [1.82, 2.24) is 0 Å². The van der Waals surface area contributed by atoms with Crippen molar-refractivity contribution in [1.29, 1.82) is 0 Å². The predicted molar refractivity (Wildman–Crippen MR) is 50.3 cm³/mol. The van der Waals surface area contributed by atoms with E-state index in [1.165, 1.54) is 7.11 Å². The SMILES string of the molecule is C=C(CCC(=O)OC)COCCN. The molecule has 0 atom stereocenters. The van der Waals surface area contributed by atoms with Crippen molar-refractivity contribution in [2.75, 3.05) is 26.9 Å². The van der Waals surface area contributed by atoms with Crippen LogP contribution in [0, 0.1) is 0 Å². The van der Waals surface area contributed by atoms with Crippen LogP contribution >= 0.6 is 0 Å². The normalized spacial score (nSPS) is 9.69. The Morgan fingerprint density at radius 1 is 1.46 bits per heavy atom. The average Bonchev–Trinajstić information content (AvgIpc) is 2.14. The van der Waals surface area contributed by atoms with E-state index in [4.69, 9.17) is 10.5 Å². The first-order valence-electron chi connectivity index (χ1n) is 4.22. The molecule has 0 spiro atoms. The van der Waals surface area contributed by atoms with Gasteiger partial charge in [-0.3, -0.25) is 4.79 Å². The highest BCUT2D eigenvalue weighted by Gasteiger charge is 2.01. The van der Waals surface area contributed by atoms with Crippen LogP contribution in [0.1, 0.15) is 12.8 Å². The maximum atomic E-state index is 10.7. The van der Waals surface area contributed by atoms with E-state index in [1.54, 1.807) is 0 Å². The van der Waals surface area contributed by atoms with E-state index >= 15 is 0 Å². The van der Waals surface area contributed by atoms with E-state index in [0.29, 0.717) is 32.6 Å². The highest BCUT2D eigenvalue weighted by molar-refractivity contribution is 5.69. The molecule has 2 N–H and O–H groups in total.